The molecule has 1 aliphatic carbocycles. The highest BCUT2D eigenvalue weighted by atomic mass is 28.3. The van der Waals surface area contributed by atoms with Crippen molar-refractivity contribution in [2.45, 2.75) is 97.1 Å². The number of carbonyl (C=O) groups is 2. The van der Waals surface area contributed by atoms with Gasteiger partial charge in [0.15, 0.2) is 5.41 Å². The molecule has 1 fully saturated rings. The maximum Gasteiger partial charge on any atom is 0.323 e. The molecule has 4 rings (SSSR count). The van der Waals surface area contributed by atoms with Gasteiger partial charge in [-0.05, 0) is 39.8 Å². The number of esters is 2. The van der Waals surface area contributed by atoms with Crippen molar-refractivity contribution in [1.82, 2.24) is 24.3 Å². The molecule has 11 nitrogen and oxygen atoms in total. The zero-order valence-corrected chi connectivity index (χ0v) is 26.0. The number of fused-ring (bicyclic) bond motifs is 1. The van der Waals surface area contributed by atoms with Crippen LogP contribution >= 0.6 is 0 Å². The van der Waals surface area contributed by atoms with Gasteiger partial charge in [0.05, 0.1) is 42.1 Å². The lowest BCUT2D eigenvalue weighted by atomic mass is 9.56. The van der Waals surface area contributed by atoms with Gasteiger partial charge in [-0.25, -0.2) is 9.97 Å². The van der Waals surface area contributed by atoms with Crippen LogP contribution in [-0.4, -0.2) is 63.1 Å². The van der Waals surface area contributed by atoms with Crippen LogP contribution < -0.4 is 0 Å². The zero-order valence-electron chi connectivity index (χ0n) is 25.0. The molecule has 1 saturated carbocycles. The maximum absolute atomic E-state index is 13.2. The minimum Gasteiger partial charge on any atom is -0.462 e. The highest BCUT2D eigenvalue weighted by Gasteiger charge is 2.67. The van der Waals surface area contributed by atoms with E-state index in [4.69, 9.17) is 14.2 Å². The normalized spacial score (nSPS) is 16.0. The summed E-state index contributed by atoms with van der Waals surface area (Å²) in [4.78, 5) is 35.3. The third-order valence-corrected chi connectivity index (χ3v) is 8.97. The summed E-state index contributed by atoms with van der Waals surface area (Å²) in [6, 6.07) is 5.25. The van der Waals surface area contributed by atoms with Gasteiger partial charge in [-0.15, -0.1) is 0 Å². The summed E-state index contributed by atoms with van der Waals surface area (Å²) in [5.41, 5.74) is -0.191. The van der Waals surface area contributed by atoms with Crippen LogP contribution in [0.5, 0.6) is 0 Å². The van der Waals surface area contributed by atoms with Gasteiger partial charge in [0.2, 0.25) is 0 Å². The van der Waals surface area contributed by atoms with Crippen molar-refractivity contribution < 1.29 is 23.8 Å². The first kappa shape index (κ1) is 30.4. The molecule has 12 heteroatoms. The Hall–Kier alpha value is -3.56. The van der Waals surface area contributed by atoms with Gasteiger partial charge < -0.3 is 18.8 Å². The van der Waals surface area contributed by atoms with E-state index >= 15 is 0 Å². The Morgan fingerprint density at radius 3 is 2.34 bits per heavy atom. The predicted octanol–water partition coefficient (Wildman–Crippen LogP) is 4.90. The molecule has 3 heterocycles. The average Bonchev–Trinajstić information content (AvgIpc) is 3.50. The number of nitriles is 1. The summed E-state index contributed by atoms with van der Waals surface area (Å²) in [6.07, 6.45) is 6.31. The molecular formula is C29H40N6O5Si. The summed E-state index contributed by atoms with van der Waals surface area (Å²) < 4.78 is 20.5. The zero-order chi connectivity index (χ0) is 30.0. The van der Waals surface area contributed by atoms with Crippen molar-refractivity contribution >= 4 is 31.0 Å². The summed E-state index contributed by atoms with van der Waals surface area (Å²) in [7, 11) is -1.18. The number of hydrogen-bond acceptors (Lipinski definition) is 9. The van der Waals surface area contributed by atoms with Crippen molar-refractivity contribution in [2.24, 2.45) is 5.41 Å². The molecule has 0 saturated heterocycles. The van der Waals surface area contributed by atoms with Crippen LogP contribution in [0.2, 0.25) is 25.7 Å². The summed E-state index contributed by atoms with van der Waals surface area (Å²) >= 11 is 0. The molecule has 41 heavy (non-hydrogen) atoms. The number of nitrogens with zero attached hydrogens (tertiary/aromatic N) is 6. The van der Waals surface area contributed by atoms with E-state index in [0.29, 0.717) is 19.0 Å². The number of carbonyl (C=O) groups excluding carboxylic acids is 2. The number of ether oxygens (including phenoxy) is 3. The third kappa shape index (κ3) is 6.36. The summed E-state index contributed by atoms with van der Waals surface area (Å²) in [5.74, 6) is -1.27. The van der Waals surface area contributed by atoms with Crippen molar-refractivity contribution in [3.8, 4) is 17.3 Å². The van der Waals surface area contributed by atoms with Gasteiger partial charge in [0.1, 0.15) is 18.7 Å². The Bertz CT molecular complexity index is 1420. The van der Waals surface area contributed by atoms with Crippen LogP contribution in [0.3, 0.4) is 0 Å². The maximum atomic E-state index is 13.2. The molecule has 3 aromatic rings. The number of hydrogen-bond donors (Lipinski definition) is 0. The standard InChI is InChI=1S/C29H40N6O5Si/c1-20(2)39-26(36)29(27(37)40-21(3)4)16-28(17-29,9-10-30)35-15-22(14-33-35)24-23-8-11-34(25(23)32-18-31-24)19-38-12-13-41(5,6)7/h8,11,14-15,18,20-21H,9,12-13,16-17,19H2,1-7H3. The van der Waals surface area contributed by atoms with E-state index in [2.05, 4.69) is 40.8 Å². The lowest BCUT2D eigenvalue weighted by molar-refractivity contribution is -0.195. The Kier molecular flexibility index (Phi) is 8.70. The molecule has 0 unspecified atom stereocenters. The fourth-order valence-corrected chi connectivity index (χ4v) is 5.95. The van der Waals surface area contributed by atoms with Gasteiger partial charge in [-0.2, -0.15) is 10.4 Å². The van der Waals surface area contributed by atoms with Crippen molar-refractivity contribution in [1.29, 1.82) is 5.26 Å². The van der Waals surface area contributed by atoms with Crippen molar-refractivity contribution in [2.75, 3.05) is 6.61 Å². The molecular weight excluding hydrogens is 540 g/mol. The largest absolute Gasteiger partial charge is 0.462 e. The average molecular weight is 581 g/mol. The first-order valence-electron chi connectivity index (χ1n) is 14.0. The molecule has 0 bridgehead atoms. The topological polar surface area (TPSA) is 134 Å². The molecule has 220 valence electrons. The highest BCUT2D eigenvalue weighted by molar-refractivity contribution is 6.76. The first-order valence-corrected chi connectivity index (χ1v) is 17.7. The molecule has 0 amide bonds. The Morgan fingerprint density at radius 2 is 1.76 bits per heavy atom. The molecule has 1 aliphatic rings. The highest BCUT2D eigenvalue weighted by Crippen LogP contribution is 2.56. The van der Waals surface area contributed by atoms with E-state index < -0.39 is 43.2 Å². The van der Waals surface area contributed by atoms with Crippen LogP contribution in [0.4, 0.5) is 0 Å². The van der Waals surface area contributed by atoms with Crippen LogP contribution in [0, 0.1) is 16.7 Å². The quantitative estimate of drug-likeness (QED) is 0.127. The van der Waals surface area contributed by atoms with Gasteiger partial charge in [-0.1, -0.05) is 19.6 Å². The van der Waals surface area contributed by atoms with Crippen molar-refractivity contribution in [3.05, 3.63) is 31.0 Å². The van der Waals surface area contributed by atoms with Crippen molar-refractivity contribution in [3.63, 3.8) is 0 Å². The molecule has 0 atom stereocenters. The van der Waals surface area contributed by atoms with Crippen LogP contribution in [0.25, 0.3) is 22.3 Å². The van der Waals surface area contributed by atoms with E-state index in [0.717, 1.165) is 22.6 Å². The number of rotatable bonds is 12. The van der Waals surface area contributed by atoms with Crippen LogP contribution in [0.1, 0.15) is 47.0 Å². The fraction of sp³-hybridized carbons (Fsp3) is 0.586. The summed E-state index contributed by atoms with van der Waals surface area (Å²) in [5, 5.41) is 15.1. The first-order chi connectivity index (χ1) is 19.3. The van der Waals surface area contributed by atoms with E-state index in [1.54, 1.807) is 38.6 Å². The monoisotopic (exact) mass is 580 g/mol. The van der Waals surface area contributed by atoms with Gasteiger partial charge in [0, 0.05) is 50.9 Å². The molecule has 0 radical (unpaired) electrons. The number of aromatic nitrogens is 5. The smallest absolute Gasteiger partial charge is 0.323 e. The molecule has 0 N–H and O–H groups in total. The predicted molar refractivity (Wildman–Crippen MR) is 155 cm³/mol. The second-order valence-corrected chi connectivity index (χ2v) is 18.3. The van der Waals surface area contributed by atoms with Crippen LogP contribution in [0.15, 0.2) is 31.0 Å². The third-order valence-electron chi connectivity index (χ3n) is 7.26. The van der Waals surface area contributed by atoms with E-state index in [9.17, 15) is 14.9 Å². The Morgan fingerprint density at radius 1 is 1.10 bits per heavy atom. The lowest BCUT2D eigenvalue weighted by Crippen LogP contribution is -2.62. The van der Waals surface area contributed by atoms with E-state index in [1.807, 2.05) is 23.0 Å². The fourth-order valence-electron chi connectivity index (χ4n) is 5.20. The van der Waals surface area contributed by atoms with Gasteiger partial charge in [-0.3, -0.25) is 14.3 Å². The van der Waals surface area contributed by atoms with E-state index in [-0.39, 0.29) is 19.3 Å². The van der Waals surface area contributed by atoms with Gasteiger partial charge >= 0.3 is 11.9 Å². The summed E-state index contributed by atoms with van der Waals surface area (Å²) in [6.45, 7) is 15.0. The van der Waals surface area contributed by atoms with E-state index in [1.165, 1.54) is 6.33 Å². The minimum atomic E-state index is -1.49. The van der Waals surface area contributed by atoms with Gasteiger partial charge in [0.25, 0.3) is 0 Å². The molecule has 0 aliphatic heterocycles. The Labute approximate surface area is 241 Å². The Balaban J connectivity index is 1.60. The SMILES string of the molecule is CC(C)OC(=O)C1(C(=O)OC(C)C)CC(CC#N)(n2cc(-c3ncnc4c3ccn4COCC[Si](C)(C)C)cn2)C1. The molecule has 0 spiro atoms. The second kappa shape index (κ2) is 11.7. The molecule has 3 aromatic heterocycles. The second-order valence-electron chi connectivity index (χ2n) is 12.7. The molecule has 0 aromatic carbocycles. The lowest BCUT2D eigenvalue weighted by Gasteiger charge is -2.51. The van der Waals surface area contributed by atoms with Crippen LogP contribution in [-0.2, 0) is 36.1 Å². The minimum absolute atomic E-state index is 0.0517.